The Bertz CT molecular complexity index is 1060. The maximum absolute atomic E-state index is 14.0. The van der Waals surface area contributed by atoms with Crippen molar-refractivity contribution in [3.8, 4) is 22.8 Å². The molecule has 1 atom stereocenters. The minimum absolute atomic E-state index is 0.0816. The van der Waals surface area contributed by atoms with Crippen molar-refractivity contribution in [1.29, 1.82) is 0 Å². The first-order valence-electron chi connectivity index (χ1n) is 7.43. The second kappa shape index (κ2) is 6.93. The number of rotatable bonds is 4. The summed E-state index contributed by atoms with van der Waals surface area (Å²) < 4.78 is 21.8. The molecule has 4 aromatic rings. The van der Waals surface area contributed by atoms with E-state index in [0.29, 0.717) is 10.3 Å². The topological polar surface area (TPSA) is 69.6 Å². The molecule has 132 valence electrons. The molecule has 0 saturated carbocycles. The molecule has 0 aliphatic heterocycles. The number of nitrogens with zero attached hydrogens (tertiary/aromatic N) is 5. The van der Waals surface area contributed by atoms with E-state index in [2.05, 4.69) is 48.9 Å². The van der Waals surface area contributed by atoms with Crippen molar-refractivity contribution in [3.05, 3.63) is 57.0 Å². The molecule has 10 heteroatoms. The molecule has 3 heterocycles. The van der Waals surface area contributed by atoms with Gasteiger partial charge in [0.05, 0.1) is 5.56 Å². The van der Waals surface area contributed by atoms with Crippen LogP contribution in [0, 0.1) is 5.82 Å². The maximum Gasteiger partial charge on any atom is 0.260 e. The molecule has 0 N–H and O–H groups in total. The molecule has 0 aliphatic rings. The zero-order valence-electron chi connectivity index (χ0n) is 13.3. The van der Waals surface area contributed by atoms with Crippen LogP contribution in [0.1, 0.15) is 16.9 Å². The summed E-state index contributed by atoms with van der Waals surface area (Å²) in [4.78, 5) is 4.28. The average molecular weight is 452 g/mol. The van der Waals surface area contributed by atoms with Crippen molar-refractivity contribution in [3.63, 3.8) is 0 Å². The number of hydrogen-bond donors (Lipinski definition) is 1. The zero-order chi connectivity index (χ0) is 18.3. The van der Waals surface area contributed by atoms with Crippen LogP contribution in [-0.2, 0) is 7.05 Å². The van der Waals surface area contributed by atoms with E-state index in [1.54, 1.807) is 23.5 Å². The summed E-state index contributed by atoms with van der Waals surface area (Å²) in [6.45, 7) is 0. The molecule has 0 aliphatic carbocycles. The third-order valence-corrected chi connectivity index (χ3v) is 5.42. The molecule has 26 heavy (non-hydrogen) atoms. The summed E-state index contributed by atoms with van der Waals surface area (Å²) in [5.41, 5.74) is 1.19. The molecule has 1 aromatic carbocycles. The lowest BCUT2D eigenvalue weighted by Crippen LogP contribution is -2.05. The molecule has 4 rings (SSSR count). The average Bonchev–Trinajstić information content (AvgIpc) is 3.36. The Balaban J connectivity index is 1.67. The van der Waals surface area contributed by atoms with Gasteiger partial charge in [0.1, 0.15) is 11.1 Å². The van der Waals surface area contributed by atoms with E-state index >= 15 is 0 Å². The summed E-state index contributed by atoms with van der Waals surface area (Å²) in [6, 6.07) is 6.48. The summed E-state index contributed by atoms with van der Waals surface area (Å²) in [5, 5.41) is 15.7. The smallest absolute Gasteiger partial charge is 0.260 e. The predicted molar refractivity (Wildman–Crippen MR) is 103 cm³/mol. The van der Waals surface area contributed by atoms with Gasteiger partial charge in [0.2, 0.25) is 0 Å². The molecule has 0 radical (unpaired) electrons. The van der Waals surface area contributed by atoms with Gasteiger partial charge >= 0.3 is 0 Å². The summed E-state index contributed by atoms with van der Waals surface area (Å²) >= 11 is 9.44. The lowest BCUT2D eigenvalue weighted by atomic mass is 10.2. The Labute approximate surface area is 165 Å². The summed E-state index contributed by atoms with van der Waals surface area (Å²) in [6.07, 6.45) is 0. The second-order valence-corrected chi connectivity index (χ2v) is 7.65. The van der Waals surface area contributed by atoms with Gasteiger partial charge in [0, 0.05) is 22.5 Å². The van der Waals surface area contributed by atoms with Gasteiger partial charge in [-0.2, -0.15) is 28.9 Å². The van der Waals surface area contributed by atoms with E-state index in [0.717, 1.165) is 11.4 Å². The third kappa shape index (κ3) is 3.08. The number of benzene rings is 1. The largest absolute Gasteiger partial charge is 0.334 e. The lowest BCUT2D eigenvalue weighted by Gasteiger charge is -2.06. The van der Waals surface area contributed by atoms with Crippen LogP contribution in [0.5, 0.6) is 0 Å². The molecule has 6 nitrogen and oxygen atoms in total. The van der Waals surface area contributed by atoms with Crippen LogP contribution >= 0.6 is 39.9 Å². The molecule has 0 amide bonds. The first-order chi connectivity index (χ1) is 12.5. The van der Waals surface area contributed by atoms with Crippen LogP contribution < -0.4 is 0 Å². The van der Waals surface area contributed by atoms with Crippen LogP contribution in [-0.4, -0.2) is 24.9 Å². The Morgan fingerprint density at radius 2 is 2.15 bits per heavy atom. The van der Waals surface area contributed by atoms with Gasteiger partial charge < -0.3 is 9.09 Å². The Morgan fingerprint density at radius 3 is 2.92 bits per heavy atom. The van der Waals surface area contributed by atoms with E-state index in [4.69, 9.17) is 4.52 Å². The van der Waals surface area contributed by atoms with Crippen molar-refractivity contribution in [1.82, 2.24) is 24.9 Å². The number of hydrogen-bond acceptors (Lipinski definition) is 7. The third-order valence-electron chi connectivity index (χ3n) is 3.78. The molecular weight excluding hydrogens is 441 g/mol. The molecule has 0 saturated heterocycles. The van der Waals surface area contributed by atoms with Crippen molar-refractivity contribution in [2.45, 2.75) is 5.25 Å². The number of halogens is 2. The fraction of sp³-hybridized carbons (Fsp3) is 0.125. The zero-order valence-corrected chi connectivity index (χ0v) is 16.6. The van der Waals surface area contributed by atoms with Crippen molar-refractivity contribution in [2.75, 3.05) is 0 Å². The molecule has 0 bridgehead atoms. The van der Waals surface area contributed by atoms with Crippen LogP contribution in [0.25, 0.3) is 22.8 Å². The fourth-order valence-corrected chi connectivity index (χ4v) is 3.78. The minimum Gasteiger partial charge on any atom is -0.334 e. The molecular formula is C16H11BrFN5OS2. The number of thiophene rings is 1. The van der Waals surface area contributed by atoms with Crippen molar-refractivity contribution < 1.29 is 8.91 Å². The highest BCUT2D eigenvalue weighted by Gasteiger charge is 2.24. The van der Waals surface area contributed by atoms with Gasteiger partial charge in [0.25, 0.3) is 5.89 Å². The number of thiol groups is 1. The van der Waals surface area contributed by atoms with Gasteiger partial charge in [-0.1, -0.05) is 21.1 Å². The monoisotopic (exact) mass is 451 g/mol. The van der Waals surface area contributed by atoms with E-state index in [1.807, 2.05) is 28.4 Å². The van der Waals surface area contributed by atoms with Crippen LogP contribution in [0.2, 0.25) is 0 Å². The minimum atomic E-state index is -0.562. The molecule has 1 unspecified atom stereocenters. The van der Waals surface area contributed by atoms with Crippen LogP contribution in [0.4, 0.5) is 4.39 Å². The van der Waals surface area contributed by atoms with Crippen LogP contribution in [0.15, 0.2) is 44.0 Å². The quantitative estimate of drug-likeness (QED) is 0.462. The van der Waals surface area contributed by atoms with Gasteiger partial charge in [-0.15, -0.1) is 10.2 Å². The lowest BCUT2D eigenvalue weighted by molar-refractivity contribution is 0.420. The van der Waals surface area contributed by atoms with E-state index in [1.165, 1.54) is 6.07 Å². The standard InChI is InChI=1S/C16H11BrFN5OS2/c1-23-14(8-4-5-26-7-8)20-21-15(23)12(25)13-19-16(24-22-13)10-6-9(17)2-3-11(10)18/h2-7,12,25H,1H3. The Kier molecular flexibility index (Phi) is 4.63. The maximum atomic E-state index is 14.0. The number of aromatic nitrogens is 5. The first kappa shape index (κ1) is 17.4. The fourth-order valence-electron chi connectivity index (χ4n) is 2.45. The van der Waals surface area contributed by atoms with E-state index in [-0.39, 0.29) is 17.3 Å². The normalized spacial score (nSPS) is 12.5. The molecule has 0 spiro atoms. The van der Waals surface area contributed by atoms with Gasteiger partial charge in [-0.05, 0) is 29.6 Å². The van der Waals surface area contributed by atoms with Crippen molar-refractivity contribution >= 4 is 39.9 Å². The van der Waals surface area contributed by atoms with Gasteiger partial charge in [-0.25, -0.2) is 4.39 Å². The van der Waals surface area contributed by atoms with Crippen LogP contribution in [0.3, 0.4) is 0 Å². The Morgan fingerprint density at radius 1 is 1.31 bits per heavy atom. The summed E-state index contributed by atoms with van der Waals surface area (Å²) in [5.74, 6) is 1.21. The SMILES string of the molecule is Cn1c(-c2ccsc2)nnc1C(S)c1noc(-c2cc(Br)ccc2F)n1. The van der Waals surface area contributed by atoms with Crippen molar-refractivity contribution in [2.24, 2.45) is 7.05 Å². The highest BCUT2D eigenvalue weighted by Crippen LogP contribution is 2.31. The molecule has 3 aromatic heterocycles. The highest BCUT2D eigenvalue weighted by molar-refractivity contribution is 9.10. The van der Waals surface area contributed by atoms with E-state index < -0.39 is 11.1 Å². The Hall–Kier alpha value is -2.04. The summed E-state index contributed by atoms with van der Waals surface area (Å²) in [7, 11) is 1.85. The van der Waals surface area contributed by atoms with Gasteiger partial charge in [0.15, 0.2) is 17.5 Å². The van der Waals surface area contributed by atoms with E-state index in [9.17, 15) is 4.39 Å². The predicted octanol–water partition coefficient (Wildman–Crippen LogP) is 4.51. The second-order valence-electron chi connectivity index (χ2n) is 5.44. The highest BCUT2D eigenvalue weighted by atomic mass is 79.9. The molecule has 0 fully saturated rings. The first-order valence-corrected chi connectivity index (χ1v) is 9.69. The van der Waals surface area contributed by atoms with Gasteiger partial charge in [-0.3, -0.25) is 0 Å².